The van der Waals surface area contributed by atoms with E-state index in [-0.39, 0.29) is 12.1 Å². The van der Waals surface area contributed by atoms with Crippen LogP contribution in [0.5, 0.6) is 11.5 Å². The molecule has 0 aromatic heterocycles. The van der Waals surface area contributed by atoms with Crippen molar-refractivity contribution in [3.8, 4) is 11.5 Å². The minimum absolute atomic E-state index is 0.120. The van der Waals surface area contributed by atoms with Gasteiger partial charge in [0.25, 0.3) is 0 Å². The molecule has 1 aliphatic heterocycles. The maximum atomic E-state index is 9.41. The Morgan fingerprint density at radius 2 is 1.60 bits per heavy atom. The van der Waals surface area contributed by atoms with Gasteiger partial charge in [-0.2, -0.15) is 0 Å². The summed E-state index contributed by atoms with van der Waals surface area (Å²) >= 11 is 0. The van der Waals surface area contributed by atoms with E-state index in [0.717, 1.165) is 35.6 Å². The second-order valence-corrected chi connectivity index (χ2v) is 5.20. The number of aliphatic hydroxyl groups is 1. The second-order valence-electron chi connectivity index (χ2n) is 5.20. The molecule has 0 amide bonds. The molecule has 0 fully saturated rings. The predicted octanol–water partition coefficient (Wildman–Crippen LogP) is 3.24. The van der Waals surface area contributed by atoms with Crippen LogP contribution in [-0.4, -0.2) is 17.8 Å². The van der Waals surface area contributed by atoms with Crippen LogP contribution >= 0.6 is 0 Å². The van der Waals surface area contributed by atoms with Crippen molar-refractivity contribution >= 4 is 0 Å². The summed E-state index contributed by atoms with van der Waals surface area (Å²) in [5, 5.41) is 12.9. The number of hydrogen-bond donors (Lipinski definition) is 2. The standard InChI is InChI=1S/C17H19NO2/c1-12(19)10-11-18-17-13-6-2-4-8-15(13)20-16-9-5-3-7-14(16)17/h2-9,12,17-19H,10-11H2,1H3. The van der Waals surface area contributed by atoms with Crippen molar-refractivity contribution in [3.63, 3.8) is 0 Å². The van der Waals surface area contributed by atoms with Crippen molar-refractivity contribution in [3.05, 3.63) is 59.7 Å². The Labute approximate surface area is 119 Å². The number of hydrogen-bond acceptors (Lipinski definition) is 3. The number of fused-ring (bicyclic) bond motifs is 2. The van der Waals surface area contributed by atoms with Crippen LogP contribution in [0.3, 0.4) is 0 Å². The lowest BCUT2D eigenvalue weighted by Gasteiger charge is -2.29. The fourth-order valence-electron chi connectivity index (χ4n) is 2.57. The van der Waals surface area contributed by atoms with Crippen molar-refractivity contribution in [2.45, 2.75) is 25.5 Å². The molecule has 20 heavy (non-hydrogen) atoms. The zero-order chi connectivity index (χ0) is 13.9. The van der Waals surface area contributed by atoms with Gasteiger partial charge < -0.3 is 15.2 Å². The van der Waals surface area contributed by atoms with Gasteiger partial charge in [-0.15, -0.1) is 0 Å². The molecule has 2 aromatic rings. The average Bonchev–Trinajstić information content (AvgIpc) is 2.46. The van der Waals surface area contributed by atoms with E-state index >= 15 is 0 Å². The van der Waals surface area contributed by atoms with E-state index in [9.17, 15) is 5.11 Å². The van der Waals surface area contributed by atoms with Gasteiger partial charge in [0, 0.05) is 11.1 Å². The van der Waals surface area contributed by atoms with Gasteiger partial charge in [-0.3, -0.25) is 0 Å². The van der Waals surface area contributed by atoms with Crippen LogP contribution in [0.4, 0.5) is 0 Å². The van der Waals surface area contributed by atoms with Gasteiger partial charge in [-0.1, -0.05) is 36.4 Å². The molecule has 1 aliphatic rings. The van der Waals surface area contributed by atoms with Crippen LogP contribution in [0.2, 0.25) is 0 Å². The fourth-order valence-corrected chi connectivity index (χ4v) is 2.57. The minimum atomic E-state index is -0.284. The monoisotopic (exact) mass is 269 g/mol. The van der Waals surface area contributed by atoms with Crippen LogP contribution in [0.15, 0.2) is 48.5 Å². The molecule has 0 spiro atoms. The molecule has 1 unspecified atom stereocenters. The normalized spacial score (nSPS) is 15.1. The largest absolute Gasteiger partial charge is 0.457 e. The highest BCUT2D eigenvalue weighted by Crippen LogP contribution is 2.42. The Kier molecular flexibility index (Phi) is 3.72. The van der Waals surface area contributed by atoms with Crippen molar-refractivity contribution in [2.24, 2.45) is 0 Å². The van der Waals surface area contributed by atoms with Crippen molar-refractivity contribution in [1.82, 2.24) is 5.32 Å². The zero-order valence-corrected chi connectivity index (χ0v) is 11.5. The van der Waals surface area contributed by atoms with Gasteiger partial charge in [0.1, 0.15) is 11.5 Å². The highest BCUT2D eigenvalue weighted by Gasteiger charge is 2.26. The summed E-state index contributed by atoms with van der Waals surface area (Å²) in [6, 6.07) is 16.3. The Morgan fingerprint density at radius 3 is 2.15 bits per heavy atom. The van der Waals surface area contributed by atoms with E-state index in [0.29, 0.717) is 0 Å². The summed E-state index contributed by atoms with van der Waals surface area (Å²) < 4.78 is 5.95. The highest BCUT2D eigenvalue weighted by atomic mass is 16.5. The number of rotatable bonds is 4. The molecule has 3 nitrogen and oxygen atoms in total. The van der Waals surface area contributed by atoms with E-state index in [1.165, 1.54) is 0 Å². The lowest BCUT2D eigenvalue weighted by Crippen LogP contribution is -2.27. The average molecular weight is 269 g/mol. The zero-order valence-electron chi connectivity index (χ0n) is 11.5. The van der Waals surface area contributed by atoms with E-state index in [1.54, 1.807) is 0 Å². The fraction of sp³-hybridized carbons (Fsp3) is 0.294. The van der Waals surface area contributed by atoms with Gasteiger partial charge in [0.15, 0.2) is 0 Å². The lowest BCUT2D eigenvalue weighted by molar-refractivity contribution is 0.182. The Bertz CT molecular complexity index is 550. The number of ether oxygens (including phenoxy) is 1. The molecule has 2 N–H and O–H groups in total. The highest BCUT2D eigenvalue weighted by molar-refractivity contribution is 5.52. The summed E-state index contributed by atoms with van der Waals surface area (Å²) in [5.41, 5.74) is 2.30. The number of nitrogens with one attached hydrogen (secondary N) is 1. The third-order valence-electron chi connectivity index (χ3n) is 3.59. The Hall–Kier alpha value is -1.84. The van der Waals surface area contributed by atoms with Gasteiger partial charge in [0.05, 0.1) is 12.1 Å². The second kappa shape index (κ2) is 5.65. The third kappa shape index (κ3) is 2.55. The lowest BCUT2D eigenvalue weighted by atomic mass is 9.94. The minimum Gasteiger partial charge on any atom is -0.457 e. The topological polar surface area (TPSA) is 41.5 Å². The SMILES string of the molecule is CC(O)CCNC1c2ccccc2Oc2ccccc21. The number of benzene rings is 2. The summed E-state index contributed by atoms with van der Waals surface area (Å²) in [6.07, 6.45) is 0.453. The third-order valence-corrected chi connectivity index (χ3v) is 3.59. The van der Waals surface area contributed by atoms with Crippen molar-refractivity contribution in [2.75, 3.05) is 6.54 Å². The quantitative estimate of drug-likeness (QED) is 0.895. The Morgan fingerprint density at radius 1 is 1.05 bits per heavy atom. The van der Waals surface area contributed by atoms with E-state index < -0.39 is 0 Å². The molecule has 104 valence electrons. The van der Waals surface area contributed by atoms with Crippen LogP contribution in [0.1, 0.15) is 30.5 Å². The maximum Gasteiger partial charge on any atom is 0.132 e. The first-order valence-corrected chi connectivity index (χ1v) is 7.03. The first-order chi connectivity index (χ1) is 9.75. The van der Waals surface area contributed by atoms with Gasteiger partial charge in [-0.05, 0) is 32.0 Å². The Balaban J connectivity index is 1.91. The summed E-state index contributed by atoms with van der Waals surface area (Å²) in [7, 11) is 0. The molecule has 0 saturated carbocycles. The molecule has 3 rings (SSSR count). The first kappa shape index (κ1) is 13.2. The van der Waals surface area contributed by atoms with Gasteiger partial charge in [0.2, 0.25) is 0 Å². The molecule has 0 saturated heterocycles. The predicted molar refractivity (Wildman–Crippen MR) is 79.1 cm³/mol. The molecule has 0 aliphatic carbocycles. The van der Waals surface area contributed by atoms with Crippen LogP contribution in [0.25, 0.3) is 0 Å². The first-order valence-electron chi connectivity index (χ1n) is 7.03. The molecular formula is C17H19NO2. The number of para-hydroxylation sites is 2. The molecular weight excluding hydrogens is 250 g/mol. The van der Waals surface area contributed by atoms with E-state index in [1.807, 2.05) is 43.3 Å². The van der Waals surface area contributed by atoms with Crippen LogP contribution in [0, 0.1) is 0 Å². The van der Waals surface area contributed by atoms with Gasteiger partial charge >= 0.3 is 0 Å². The summed E-state index contributed by atoms with van der Waals surface area (Å²) in [4.78, 5) is 0. The maximum absolute atomic E-state index is 9.41. The smallest absolute Gasteiger partial charge is 0.132 e. The molecule has 0 bridgehead atoms. The molecule has 2 aromatic carbocycles. The van der Waals surface area contributed by atoms with Crippen molar-refractivity contribution in [1.29, 1.82) is 0 Å². The van der Waals surface area contributed by atoms with E-state index in [4.69, 9.17) is 4.74 Å². The van der Waals surface area contributed by atoms with Crippen LogP contribution in [-0.2, 0) is 0 Å². The van der Waals surface area contributed by atoms with E-state index in [2.05, 4.69) is 17.4 Å². The summed E-state index contributed by atoms with van der Waals surface area (Å²) in [6.45, 7) is 2.58. The molecule has 1 atom stereocenters. The number of aliphatic hydroxyl groups excluding tert-OH is 1. The summed E-state index contributed by atoms with van der Waals surface area (Å²) in [5.74, 6) is 1.81. The van der Waals surface area contributed by atoms with Gasteiger partial charge in [-0.25, -0.2) is 0 Å². The van der Waals surface area contributed by atoms with Crippen LogP contribution < -0.4 is 10.1 Å². The van der Waals surface area contributed by atoms with Crippen molar-refractivity contribution < 1.29 is 9.84 Å². The molecule has 3 heteroatoms. The molecule has 1 heterocycles. The molecule has 0 radical (unpaired) electrons.